The van der Waals surface area contributed by atoms with Gasteiger partial charge in [-0.25, -0.2) is 0 Å². The molecule has 2 aromatic rings. The summed E-state index contributed by atoms with van der Waals surface area (Å²) in [5, 5.41) is 9.70. The normalized spacial score (nSPS) is 12.6. The Labute approximate surface area is 326 Å². The maximum absolute atomic E-state index is 13.4. The first-order chi connectivity index (χ1) is 25.6. The average Bonchev–Trinajstić information content (AvgIpc) is 3.14. The summed E-state index contributed by atoms with van der Waals surface area (Å²) in [7, 11) is 1.38. The molecule has 2 aromatic carbocycles. The van der Waals surface area contributed by atoms with E-state index in [0.717, 1.165) is 27.5 Å². The number of benzene rings is 2. The minimum atomic E-state index is -1.07. The van der Waals surface area contributed by atoms with Crippen molar-refractivity contribution in [2.24, 2.45) is 23.1 Å². The molecule has 0 radical (unpaired) electrons. The Bertz CT molecular complexity index is 1430. The van der Waals surface area contributed by atoms with Crippen molar-refractivity contribution in [2.75, 3.05) is 26.7 Å². The maximum atomic E-state index is 13.4. The van der Waals surface area contributed by atoms with E-state index in [0.29, 0.717) is 12.8 Å². The second kappa shape index (κ2) is 28.0. The lowest BCUT2D eigenvalue weighted by molar-refractivity contribution is -0.138. The Hall–Kier alpha value is -4.47. The van der Waals surface area contributed by atoms with Crippen LogP contribution in [0, 0.1) is 5.92 Å². The second-order valence-corrected chi connectivity index (χ2v) is 13.5. The number of hydrogen-bond donors (Lipinski definition) is 8. The zero-order chi connectivity index (χ0) is 41.2. The molecular formula is C39H64N8O6S. The van der Waals surface area contributed by atoms with E-state index < -0.39 is 65.5 Å². The predicted octanol–water partition coefficient (Wildman–Crippen LogP) is 2.88. The molecule has 2 rings (SSSR count). The Morgan fingerprint density at radius 3 is 1.72 bits per heavy atom. The molecule has 54 heavy (non-hydrogen) atoms. The number of nitrogens with one attached hydrogen (secondary N) is 4. The van der Waals surface area contributed by atoms with Gasteiger partial charge in [0.05, 0.1) is 6.54 Å². The molecule has 0 spiro atoms. The summed E-state index contributed by atoms with van der Waals surface area (Å²) in [5.41, 5.74) is 19.3. The second-order valence-electron chi connectivity index (χ2n) is 13.1. The van der Waals surface area contributed by atoms with Crippen molar-refractivity contribution in [3.05, 3.63) is 60.2 Å². The highest BCUT2D eigenvalue weighted by Crippen LogP contribution is 2.20. The van der Waals surface area contributed by atoms with E-state index in [-0.39, 0.29) is 38.8 Å². The summed E-state index contributed by atoms with van der Waals surface area (Å²) >= 11 is 3.79. The number of hydrogen-bond acceptors (Lipinski definition) is 8. The van der Waals surface area contributed by atoms with Crippen LogP contribution in [0.5, 0.6) is 0 Å². The maximum Gasteiger partial charge on any atom is 0.276 e. The van der Waals surface area contributed by atoms with Crippen molar-refractivity contribution in [3.8, 4) is 11.1 Å². The van der Waals surface area contributed by atoms with Gasteiger partial charge in [-0.2, -0.15) is 0 Å². The zero-order valence-electron chi connectivity index (χ0n) is 33.0. The molecule has 15 heteroatoms. The van der Waals surface area contributed by atoms with E-state index in [1.807, 2.05) is 75.4 Å². The number of rotatable bonds is 20. The van der Waals surface area contributed by atoms with E-state index in [9.17, 15) is 28.8 Å². The van der Waals surface area contributed by atoms with Gasteiger partial charge >= 0.3 is 0 Å². The van der Waals surface area contributed by atoms with E-state index in [4.69, 9.17) is 17.2 Å². The van der Waals surface area contributed by atoms with Crippen LogP contribution in [0.4, 0.5) is 4.79 Å². The van der Waals surface area contributed by atoms with Crippen LogP contribution in [-0.4, -0.2) is 90.5 Å². The number of amides is 6. The van der Waals surface area contributed by atoms with Gasteiger partial charge in [-0.1, -0.05) is 115 Å². The minimum absolute atomic E-state index is 0.129. The van der Waals surface area contributed by atoms with Crippen LogP contribution in [0.15, 0.2) is 54.6 Å². The van der Waals surface area contributed by atoms with Gasteiger partial charge in [-0.15, -0.1) is 0 Å². The minimum Gasteiger partial charge on any atom is -0.368 e. The molecule has 302 valence electrons. The number of nitrogens with two attached hydrogens (primary N) is 3. The third kappa shape index (κ3) is 19.6. The van der Waals surface area contributed by atoms with Gasteiger partial charge in [-0.3, -0.25) is 28.8 Å². The summed E-state index contributed by atoms with van der Waals surface area (Å²) in [6, 6.07) is 13.3. The van der Waals surface area contributed by atoms with Gasteiger partial charge in [0, 0.05) is 13.5 Å². The smallest absolute Gasteiger partial charge is 0.276 e. The topological polar surface area (TPSA) is 232 Å². The molecule has 0 fully saturated rings. The first-order valence-electron chi connectivity index (χ1n) is 18.6. The van der Waals surface area contributed by atoms with Crippen LogP contribution in [0.1, 0.15) is 79.2 Å². The van der Waals surface area contributed by atoms with E-state index in [1.165, 1.54) is 7.05 Å². The van der Waals surface area contributed by atoms with Crippen molar-refractivity contribution < 1.29 is 28.8 Å². The molecule has 0 heterocycles. The quantitative estimate of drug-likeness (QED) is 0.0931. The first kappa shape index (κ1) is 49.5. The lowest BCUT2D eigenvalue weighted by atomic mass is 10.00. The van der Waals surface area contributed by atoms with Crippen molar-refractivity contribution in [1.29, 1.82) is 0 Å². The fraction of sp³-hybridized carbons (Fsp3) is 0.538. The van der Waals surface area contributed by atoms with Crippen molar-refractivity contribution in [3.63, 3.8) is 0 Å². The molecular weight excluding hydrogens is 709 g/mol. The van der Waals surface area contributed by atoms with Gasteiger partial charge in [-0.05, 0) is 61.4 Å². The molecule has 0 aliphatic rings. The molecule has 0 saturated carbocycles. The largest absolute Gasteiger partial charge is 0.368 e. The molecule has 4 unspecified atom stereocenters. The van der Waals surface area contributed by atoms with Gasteiger partial charge in [0.2, 0.25) is 29.5 Å². The highest BCUT2D eigenvalue weighted by atomic mass is 32.1. The van der Waals surface area contributed by atoms with E-state index >= 15 is 0 Å². The summed E-state index contributed by atoms with van der Waals surface area (Å²) in [5.74, 6) is -2.33. The Morgan fingerprint density at radius 2 is 1.24 bits per heavy atom. The van der Waals surface area contributed by atoms with Crippen LogP contribution in [0.25, 0.3) is 11.1 Å². The zero-order valence-corrected chi connectivity index (χ0v) is 33.9. The number of likely N-dealkylation sites (N-methyl/N-ethyl adjacent to an activating group) is 1. The van der Waals surface area contributed by atoms with Crippen LogP contribution >= 0.6 is 12.6 Å². The van der Waals surface area contributed by atoms with Crippen molar-refractivity contribution >= 4 is 47.4 Å². The number of thiol groups is 1. The number of nitrogens with zero attached hydrogens (tertiary/aromatic N) is 1. The van der Waals surface area contributed by atoms with Crippen LogP contribution in [-0.2, 0) is 30.4 Å². The van der Waals surface area contributed by atoms with Gasteiger partial charge in [0.15, 0.2) is 0 Å². The number of carbonyl (C=O) groups excluding carboxylic acids is 6. The van der Waals surface area contributed by atoms with Gasteiger partial charge in [0.1, 0.15) is 24.2 Å². The summed E-state index contributed by atoms with van der Waals surface area (Å²) in [4.78, 5) is 77.4. The van der Waals surface area contributed by atoms with E-state index in [2.05, 4.69) is 54.7 Å². The van der Waals surface area contributed by atoms with Crippen LogP contribution in [0.3, 0.4) is 0 Å². The summed E-state index contributed by atoms with van der Waals surface area (Å²) in [6.45, 7) is 12.3. The first-order valence-corrected chi connectivity index (χ1v) is 19.1. The summed E-state index contributed by atoms with van der Waals surface area (Å²) < 4.78 is 0. The Kier molecular flexibility index (Phi) is 25.7. The molecule has 0 aliphatic heterocycles. The lowest BCUT2D eigenvalue weighted by Gasteiger charge is -2.27. The standard InChI is InChI=1S/C33H48N8O6S.C4H10.C2H6/c1-3-8-24(31(45)39-25(11-7-17-34)30(44)37-20-28(42)41(2)27(16-18-35)29(36)43)38-32(46)26(40-33(47)48)19-21-12-14-23(15-13-21)22-9-5-4-6-10-22;1-4(2)3;1-2/h4-6,9-10,12-15,24-27H,3,7-8,11,16-20,34-35H2,1-2H3,(H2,36,43)(H,37,44)(H,38,46)(H,39,45)(H2,40,47,48);4H,1-3H3;1-2H3. The molecule has 0 saturated heterocycles. The lowest BCUT2D eigenvalue weighted by Crippen LogP contribution is -2.57. The molecule has 0 aromatic heterocycles. The molecule has 10 N–H and O–H groups in total. The average molecular weight is 773 g/mol. The predicted molar refractivity (Wildman–Crippen MR) is 218 cm³/mol. The van der Waals surface area contributed by atoms with Gasteiger partial charge in [0.25, 0.3) is 5.24 Å². The SMILES string of the molecule is CC.CC(C)C.CCCC(NC(=O)C(Cc1ccc(-c2ccccc2)cc1)NC(=O)S)C(=O)NC(CCCN)C(=O)NCC(=O)N(C)C(CCN)C(N)=O. The molecule has 6 amide bonds. The molecule has 0 bridgehead atoms. The number of primary amides is 1. The highest BCUT2D eigenvalue weighted by Gasteiger charge is 2.30. The van der Waals surface area contributed by atoms with E-state index in [1.54, 1.807) is 0 Å². The highest BCUT2D eigenvalue weighted by molar-refractivity contribution is 7.96. The Morgan fingerprint density at radius 1 is 0.722 bits per heavy atom. The summed E-state index contributed by atoms with van der Waals surface area (Å²) in [6.07, 6.45) is 1.61. The fourth-order valence-electron chi connectivity index (χ4n) is 5.02. The van der Waals surface area contributed by atoms with Gasteiger partial charge < -0.3 is 43.4 Å². The molecule has 0 aliphatic carbocycles. The molecule has 4 atom stereocenters. The monoisotopic (exact) mass is 772 g/mol. The Balaban J connectivity index is 0.00000437. The van der Waals surface area contributed by atoms with Crippen LogP contribution < -0.4 is 38.5 Å². The van der Waals surface area contributed by atoms with Crippen LogP contribution in [0.2, 0.25) is 0 Å². The third-order valence-electron chi connectivity index (χ3n) is 7.70. The number of carbonyl (C=O) groups is 6. The van der Waals surface area contributed by atoms with Crippen molar-refractivity contribution in [2.45, 2.75) is 104 Å². The molecule has 14 nitrogen and oxygen atoms in total. The third-order valence-corrected chi connectivity index (χ3v) is 7.83. The fourth-order valence-corrected chi connectivity index (χ4v) is 5.18. The van der Waals surface area contributed by atoms with Crippen molar-refractivity contribution in [1.82, 2.24) is 26.2 Å².